The lowest BCUT2D eigenvalue weighted by Gasteiger charge is -2.19. The molecule has 8 heteroatoms. The molecule has 0 bridgehead atoms. The van der Waals surface area contributed by atoms with Gasteiger partial charge in [-0.15, -0.1) is 0 Å². The first-order valence-corrected chi connectivity index (χ1v) is 12.0. The molecule has 2 N–H and O–H groups in total. The van der Waals surface area contributed by atoms with Crippen molar-refractivity contribution in [3.8, 4) is 34.1 Å². The zero-order chi connectivity index (χ0) is 26.5. The third-order valence-electron chi connectivity index (χ3n) is 6.58. The molecule has 3 aromatic carbocycles. The van der Waals surface area contributed by atoms with Crippen LogP contribution < -0.4 is 35.0 Å². The van der Waals surface area contributed by atoms with Crippen molar-refractivity contribution >= 4 is 11.6 Å². The predicted molar refractivity (Wildman–Crippen MR) is 143 cm³/mol. The van der Waals surface area contributed by atoms with Crippen LogP contribution in [0, 0.1) is 0 Å². The number of amides is 1. The summed E-state index contributed by atoms with van der Waals surface area (Å²) in [7, 11) is 6.34. The minimum absolute atomic E-state index is 0.169. The van der Waals surface area contributed by atoms with E-state index in [2.05, 4.69) is 10.6 Å². The number of fused-ring (bicyclic) bond motifs is 3. The number of nitrogens with one attached hydrogen (secondary N) is 2. The highest BCUT2D eigenvalue weighted by Crippen LogP contribution is 2.50. The number of aryl methyl sites for hydroxylation is 1. The van der Waals surface area contributed by atoms with Crippen LogP contribution in [0.25, 0.3) is 11.1 Å². The van der Waals surface area contributed by atoms with E-state index in [0.717, 1.165) is 33.6 Å². The van der Waals surface area contributed by atoms with E-state index in [4.69, 9.17) is 18.9 Å². The molecule has 1 atom stereocenters. The van der Waals surface area contributed by atoms with E-state index in [-0.39, 0.29) is 17.4 Å². The summed E-state index contributed by atoms with van der Waals surface area (Å²) >= 11 is 0. The van der Waals surface area contributed by atoms with E-state index in [1.165, 1.54) is 6.92 Å². The molecule has 0 aliphatic heterocycles. The maximum Gasteiger partial charge on any atom is 0.217 e. The Morgan fingerprint density at radius 1 is 0.919 bits per heavy atom. The van der Waals surface area contributed by atoms with Crippen molar-refractivity contribution in [3.63, 3.8) is 0 Å². The summed E-state index contributed by atoms with van der Waals surface area (Å²) in [4.78, 5) is 25.5. The number of hydrogen-bond donors (Lipinski definition) is 2. The van der Waals surface area contributed by atoms with Crippen LogP contribution in [-0.4, -0.2) is 34.3 Å². The van der Waals surface area contributed by atoms with Gasteiger partial charge < -0.3 is 29.6 Å². The van der Waals surface area contributed by atoms with Crippen molar-refractivity contribution < 1.29 is 23.7 Å². The van der Waals surface area contributed by atoms with E-state index < -0.39 is 0 Å². The summed E-state index contributed by atoms with van der Waals surface area (Å²) in [6.45, 7) is 1.89. The molecule has 0 spiro atoms. The average molecular weight is 505 g/mol. The highest BCUT2D eigenvalue weighted by atomic mass is 16.5. The number of rotatable bonds is 8. The molecule has 0 saturated heterocycles. The molecule has 194 valence electrons. The van der Waals surface area contributed by atoms with Crippen LogP contribution in [0.2, 0.25) is 0 Å². The SMILES string of the molecule is COc1ccccc1CNc1ccc2c(cc1=O)C(NC(C)=O)CCc1cc(OC)c(OC)c(OC)c1-2. The van der Waals surface area contributed by atoms with Crippen molar-refractivity contribution in [3.05, 3.63) is 75.4 Å². The van der Waals surface area contributed by atoms with Crippen molar-refractivity contribution in [1.82, 2.24) is 5.32 Å². The highest BCUT2D eigenvalue weighted by molar-refractivity contribution is 5.83. The van der Waals surface area contributed by atoms with Gasteiger partial charge in [0.1, 0.15) is 5.75 Å². The van der Waals surface area contributed by atoms with Gasteiger partial charge in [0, 0.05) is 24.6 Å². The Bertz CT molecular complexity index is 1370. The molecular weight excluding hydrogens is 472 g/mol. The molecule has 0 heterocycles. The molecule has 4 rings (SSSR count). The average Bonchev–Trinajstić information content (AvgIpc) is 3.14. The molecule has 0 aromatic heterocycles. The van der Waals surface area contributed by atoms with Gasteiger partial charge in [0.15, 0.2) is 11.5 Å². The van der Waals surface area contributed by atoms with Crippen LogP contribution in [0.3, 0.4) is 0 Å². The van der Waals surface area contributed by atoms with Gasteiger partial charge in [-0.25, -0.2) is 0 Å². The highest BCUT2D eigenvalue weighted by Gasteiger charge is 2.29. The lowest BCUT2D eigenvalue weighted by molar-refractivity contribution is -0.119. The third-order valence-corrected chi connectivity index (χ3v) is 6.58. The molecule has 0 fully saturated rings. The van der Waals surface area contributed by atoms with Gasteiger partial charge in [-0.1, -0.05) is 24.3 Å². The summed E-state index contributed by atoms with van der Waals surface area (Å²) in [6, 6.07) is 14.5. The number of carbonyl (C=O) groups is 1. The van der Waals surface area contributed by atoms with Crippen LogP contribution in [0.1, 0.15) is 36.1 Å². The number of para-hydroxylation sites is 1. The number of carbonyl (C=O) groups excluding carboxylic acids is 1. The van der Waals surface area contributed by atoms with Gasteiger partial charge >= 0.3 is 0 Å². The van der Waals surface area contributed by atoms with Crippen LogP contribution >= 0.6 is 0 Å². The maximum absolute atomic E-state index is 13.4. The molecule has 8 nitrogen and oxygen atoms in total. The van der Waals surface area contributed by atoms with E-state index >= 15 is 0 Å². The molecule has 1 aliphatic rings. The summed E-state index contributed by atoms with van der Waals surface area (Å²) in [5.74, 6) is 2.11. The Kier molecular flexibility index (Phi) is 7.86. The van der Waals surface area contributed by atoms with Gasteiger partial charge in [-0.3, -0.25) is 9.59 Å². The molecular formula is C29H32N2O6. The summed E-state index contributed by atoms with van der Waals surface area (Å²) in [6.07, 6.45) is 1.24. The van der Waals surface area contributed by atoms with Crippen molar-refractivity contribution in [1.29, 1.82) is 0 Å². The topological polar surface area (TPSA) is 95.1 Å². The van der Waals surface area contributed by atoms with Gasteiger partial charge in [0.2, 0.25) is 17.1 Å². The lowest BCUT2D eigenvalue weighted by atomic mass is 9.95. The Morgan fingerprint density at radius 3 is 2.32 bits per heavy atom. The molecule has 0 saturated carbocycles. The van der Waals surface area contributed by atoms with E-state index in [0.29, 0.717) is 42.3 Å². The fourth-order valence-corrected chi connectivity index (χ4v) is 4.89. The molecule has 0 radical (unpaired) electrons. The van der Waals surface area contributed by atoms with E-state index in [1.54, 1.807) is 40.6 Å². The number of ether oxygens (including phenoxy) is 4. The zero-order valence-electron chi connectivity index (χ0n) is 21.8. The standard InChI is InChI=1S/C29H32N2O6/c1-17(32)31-22-12-10-18-14-26(35-3)28(36-4)29(37-5)27(18)20-11-13-23(24(33)15-21(20)22)30-16-19-8-6-7-9-25(19)34-2/h6-9,11,13-15,22H,10,12,16H2,1-5H3,(H,30,33)(H,31,32). The summed E-state index contributed by atoms with van der Waals surface area (Å²) in [5, 5.41) is 6.28. The van der Waals surface area contributed by atoms with E-state index in [1.807, 2.05) is 36.4 Å². The first-order valence-electron chi connectivity index (χ1n) is 12.0. The smallest absolute Gasteiger partial charge is 0.217 e. The van der Waals surface area contributed by atoms with Crippen LogP contribution in [0.5, 0.6) is 23.0 Å². The second-order valence-corrected chi connectivity index (χ2v) is 8.76. The number of hydrogen-bond acceptors (Lipinski definition) is 7. The monoisotopic (exact) mass is 504 g/mol. The number of methoxy groups -OCH3 is 4. The summed E-state index contributed by atoms with van der Waals surface area (Å²) in [5.41, 5.74) is 4.47. The van der Waals surface area contributed by atoms with Gasteiger partial charge in [0.25, 0.3) is 0 Å². The van der Waals surface area contributed by atoms with Crippen molar-refractivity contribution in [2.45, 2.75) is 32.4 Å². The molecule has 1 amide bonds. The van der Waals surface area contributed by atoms with Gasteiger partial charge in [-0.2, -0.15) is 0 Å². The second kappa shape index (κ2) is 11.2. The fourth-order valence-electron chi connectivity index (χ4n) is 4.89. The lowest BCUT2D eigenvalue weighted by Crippen LogP contribution is -2.26. The minimum Gasteiger partial charge on any atom is -0.496 e. The molecule has 1 aliphatic carbocycles. The quantitative estimate of drug-likeness (QED) is 0.467. The number of anilines is 1. The first kappa shape index (κ1) is 25.9. The van der Waals surface area contributed by atoms with Crippen LogP contribution in [-0.2, 0) is 17.8 Å². The molecule has 3 aromatic rings. The molecule has 1 unspecified atom stereocenters. The zero-order valence-corrected chi connectivity index (χ0v) is 21.8. The fraction of sp³-hybridized carbons (Fsp3) is 0.310. The second-order valence-electron chi connectivity index (χ2n) is 8.76. The van der Waals surface area contributed by atoms with Gasteiger partial charge in [0.05, 0.1) is 40.2 Å². The molecule has 37 heavy (non-hydrogen) atoms. The number of benzene rings is 2. The Balaban J connectivity index is 1.89. The largest absolute Gasteiger partial charge is 0.496 e. The van der Waals surface area contributed by atoms with E-state index in [9.17, 15) is 9.59 Å². The van der Waals surface area contributed by atoms with Crippen molar-refractivity contribution in [2.75, 3.05) is 33.8 Å². The van der Waals surface area contributed by atoms with Crippen LogP contribution in [0.4, 0.5) is 5.69 Å². The van der Waals surface area contributed by atoms with Gasteiger partial charge in [-0.05, 0) is 53.8 Å². The first-order chi connectivity index (χ1) is 17.9. The van der Waals surface area contributed by atoms with Crippen molar-refractivity contribution in [2.24, 2.45) is 0 Å². The minimum atomic E-state index is -0.358. The summed E-state index contributed by atoms with van der Waals surface area (Å²) < 4.78 is 22.5. The normalized spacial score (nSPS) is 13.9. The Hall–Kier alpha value is -4.20. The van der Waals surface area contributed by atoms with Crippen LogP contribution in [0.15, 0.2) is 53.3 Å². The Morgan fingerprint density at radius 2 is 1.65 bits per heavy atom. The predicted octanol–water partition coefficient (Wildman–Crippen LogP) is 4.48. The maximum atomic E-state index is 13.4. The Labute approximate surface area is 216 Å². The third kappa shape index (κ3) is 5.18.